The number of nitrogens with one attached hydrogen (secondary N) is 2. The van der Waals surface area contributed by atoms with E-state index in [0.29, 0.717) is 46.0 Å². The van der Waals surface area contributed by atoms with Gasteiger partial charge in [-0.05, 0) is 49.4 Å². The molecule has 0 atom stereocenters. The monoisotopic (exact) mass is 502 g/mol. The first-order valence-electron chi connectivity index (χ1n) is 11.5. The number of methoxy groups -OCH3 is 2. The molecule has 2 amide bonds. The van der Waals surface area contributed by atoms with E-state index in [-0.39, 0.29) is 12.2 Å². The summed E-state index contributed by atoms with van der Waals surface area (Å²) in [5, 5.41) is 10.3. The zero-order chi connectivity index (χ0) is 26.4. The predicted molar refractivity (Wildman–Crippen MR) is 139 cm³/mol. The molecule has 0 saturated carbocycles. The van der Waals surface area contributed by atoms with Crippen molar-refractivity contribution in [3.05, 3.63) is 82.8 Å². The van der Waals surface area contributed by atoms with Gasteiger partial charge in [-0.2, -0.15) is 9.78 Å². The van der Waals surface area contributed by atoms with Gasteiger partial charge in [0.25, 0.3) is 11.5 Å². The summed E-state index contributed by atoms with van der Waals surface area (Å²) in [5.74, 6) is 0.526. The Morgan fingerprint density at radius 2 is 1.62 bits per heavy atom. The van der Waals surface area contributed by atoms with Gasteiger partial charge in [-0.1, -0.05) is 18.2 Å². The molecule has 0 bridgehead atoms. The second kappa shape index (κ2) is 11.3. The molecule has 10 nitrogen and oxygen atoms in total. The van der Waals surface area contributed by atoms with Crippen LogP contribution in [0, 0.1) is 0 Å². The van der Waals surface area contributed by atoms with Crippen LogP contribution < -0.4 is 30.4 Å². The summed E-state index contributed by atoms with van der Waals surface area (Å²) in [4.78, 5) is 38.9. The SMILES string of the molecule is CCOc1ccc(NC(=O)CNC(=O)c2nn(-c3ccc(OC)cc3OC)c(=O)c3ccccc23)cc1. The molecular weight excluding hydrogens is 476 g/mol. The molecule has 0 aliphatic carbocycles. The molecule has 0 aliphatic rings. The van der Waals surface area contributed by atoms with Crippen molar-refractivity contribution < 1.29 is 23.8 Å². The fraction of sp³-hybridized carbons (Fsp3) is 0.185. The maximum absolute atomic E-state index is 13.3. The van der Waals surface area contributed by atoms with Crippen LogP contribution in [0.2, 0.25) is 0 Å². The molecule has 0 unspecified atom stereocenters. The Kier molecular flexibility index (Phi) is 7.68. The largest absolute Gasteiger partial charge is 0.497 e. The third-order valence-electron chi connectivity index (χ3n) is 5.49. The number of aromatic nitrogens is 2. The average Bonchev–Trinajstić information content (AvgIpc) is 2.93. The first-order chi connectivity index (χ1) is 17.9. The van der Waals surface area contributed by atoms with Crippen LogP contribution in [-0.4, -0.2) is 49.0 Å². The average molecular weight is 503 g/mol. The molecular formula is C27H26N4O6. The minimum absolute atomic E-state index is 0.0121. The lowest BCUT2D eigenvalue weighted by molar-refractivity contribution is -0.115. The number of rotatable bonds is 9. The van der Waals surface area contributed by atoms with Gasteiger partial charge in [-0.15, -0.1) is 0 Å². The van der Waals surface area contributed by atoms with Gasteiger partial charge in [0.15, 0.2) is 5.69 Å². The van der Waals surface area contributed by atoms with E-state index >= 15 is 0 Å². The second-order valence-corrected chi connectivity index (χ2v) is 7.84. The van der Waals surface area contributed by atoms with Gasteiger partial charge < -0.3 is 24.8 Å². The molecule has 190 valence electrons. The quantitative estimate of drug-likeness (QED) is 0.361. The fourth-order valence-corrected chi connectivity index (χ4v) is 3.73. The van der Waals surface area contributed by atoms with Crippen LogP contribution in [-0.2, 0) is 4.79 Å². The highest BCUT2D eigenvalue weighted by Gasteiger charge is 2.20. The molecule has 2 N–H and O–H groups in total. The van der Waals surface area contributed by atoms with Crippen molar-refractivity contribution in [1.82, 2.24) is 15.1 Å². The smallest absolute Gasteiger partial charge is 0.279 e. The van der Waals surface area contributed by atoms with Gasteiger partial charge in [0, 0.05) is 17.1 Å². The first-order valence-corrected chi connectivity index (χ1v) is 11.5. The number of nitrogens with zero attached hydrogens (tertiary/aromatic N) is 2. The van der Waals surface area contributed by atoms with E-state index in [0.717, 1.165) is 4.68 Å². The summed E-state index contributed by atoms with van der Waals surface area (Å²) in [7, 11) is 2.98. The van der Waals surface area contributed by atoms with Gasteiger partial charge in [-0.3, -0.25) is 14.4 Å². The molecule has 4 rings (SSSR count). The van der Waals surface area contributed by atoms with Gasteiger partial charge in [-0.25, -0.2) is 0 Å². The zero-order valence-electron chi connectivity index (χ0n) is 20.6. The molecule has 0 spiro atoms. The third kappa shape index (κ3) is 5.53. The van der Waals surface area contributed by atoms with Crippen LogP contribution in [0.3, 0.4) is 0 Å². The van der Waals surface area contributed by atoms with Crippen molar-refractivity contribution in [2.45, 2.75) is 6.92 Å². The standard InChI is InChI=1S/C27H26N4O6/c1-4-37-18-11-9-17(10-12-18)29-24(32)16-28-26(33)25-20-7-5-6-8-21(20)27(34)31(30-25)22-14-13-19(35-2)15-23(22)36-3/h5-15H,4,16H2,1-3H3,(H,28,33)(H,29,32). The van der Waals surface area contributed by atoms with E-state index < -0.39 is 17.4 Å². The molecule has 3 aromatic carbocycles. The molecule has 0 aliphatic heterocycles. The molecule has 1 aromatic heterocycles. The maximum Gasteiger partial charge on any atom is 0.279 e. The van der Waals surface area contributed by atoms with E-state index in [1.54, 1.807) is 66.7 Å². The molecule has 1 heterocycles. The van der Waals surface area contributed by atoms with Crippen LogP contribution in [0.4, 0.5) is 5.69 Å². The van der Waals surface area contributed by atoms with E-state index in [1.807, 2.05) is 6.92 Å². The normalized spacial score (nSPS) is 10.6. The van der Waals surface area contributed by atoms with Crippen molar-refractivity contribution in [1.29, 1.82) is 0 Å². The van der Waals surface area contributed by atoms with Gasteiger partial charge in [0.2, 0.25) is 5.91 Å². The Balaban J connectivity index is 1.60. The number of carbonyl (C=O) groups is 2. The summed E-state index contributed by atoms with van der Waals surface area (Å²) in [6.45, 7) is 2.13. The van der Waals surface area contributed by atoms with Crippen molar-refractivity contribution in [3.63, 3.8) is 0 Å². The Bertz CT molecular complexity index is 1500. The van der Waals surface area contributed by atoms with Crippen molar-refractivity contribution in [2.75, 3.05) is 32.7 Å². The summed E-state index contributed by atoms with van der Waals surface area (Å²) >= 11 is 0. The highest BCUT2D eigenvalue weighted by atomic mass is 16.5. The lowest BCUT2D eigenvalue weighted by Crippen LogP contribution is -2.35. The van der Waals surface area contributed by atoms with Crippen LogP contribution in [0.25, 0.3) is 16.5 Å². The van der Waals surface area contributed by atoms with Crippen molar-refractivity contribution in [3.8, 4) is 22.9 Å². The van der Waals surface area contributed by atoms with Gasteiger partial charge in [0.05, 0.1) is 32.8 Å². The van der Waals surface area contributed by atoms with Gasteiger partial charge >= 0.3 is 0 Å². The Labute approximate surface area is 212 Å². The highest BCUT2D eigenvalue weighted by molar-refractivity contribution is 6.06. The molecule has 10 heteroatoms. The number of anilines is 1. The van der Waals surface area contributed by atoms with Gasteiger partial charge in [0.1, 0.15) is 22.9 Å². The number of fused-ring (bicyclic) bond motifs is 1. The molecule has 0 fully saturated rings. The van der Waals surface area contributed by atoms with E-state index in [9.17, 15) is 14.4 Å². The fourth-order valence-electron chi connectivity index (χ4n) is 3.73. The molecule has 0 radical (unpaired) electrons. The number of hydrogen-bond acceptors (Lipinski definition) is 7. The van der Waals surface area contributed by atoms with E-state index in [1.165, 1.54) is 14.2 Å². The zero-order valence-corrected chi connectivity index (χ0v) is 20.6. The van der Waals surface area contributed by atoms with Crippen molar-refractivity contribution in [2.24, 2.45) is 0 Å². The predicted octanol–water partition coefficient (Wildman–Crippen LogP) is 3.17. The Hall–Kier alpha value is -4.86. The lowest BCUT2D eigenvalue weighted by atomic mass is 10.1. The van der Waals surface area contributed by atoms with E-state index in [4.69, 9.17) is 14.2 Å². The number of hydrogen-bond donors (Lipinski definition) is 2. The number of amides is 2. The summed E-state index contributed by atoms with van der Waals surface area (Å²) in [6.07, 6.45) is 0. The van der Waals surface area contributed by atoms with Crippen LogP contribution in [0.15, 0.2) is 71.5 Å². The molecule has 4 aromatic rings. The minimum Gasteiger partial charge on any atom is -0.497 e. The second-order valence-electron chi connectivity index (χ2n) is 7.84. The third-order valence-corrected chi connectivity index (χ3v) is 5.49. The topological polar surface area (TPSA) is 121 Å². The highest BCUT2D eigenvalue weighted by Crippen LogP contribution is 2.27. The number of carbonyl (C=O) groups excluding carboxylic acids is 2. The Morgan fingerprint density at radius 3 is 2.30 bits per heavy atom. The van der Waals surface area contributed by atoms with Crippen LogP contribution >= 0.6 is 0 Å². The summed E-state index contributed by atoms with van der Waals surface area (Å²) in [6, 6.07) is 18.4. The first kappa shape index (κ1) is 25.2. The lowest BCUT2D eigenvalue weighted by Gasteiger charge is -2.14. The van der Waals surface area contributed by atoms with E-state index in [2.05, 4.69) is 15.7 Å². The number of ether oxygens (including phenoxy) is 3. The summed E-state index contributed by atoms with van der Waals surface area (Å²) in [5.41, 5.74) is 0.457. The molecule has 0 saturated heterocycles. The number of benzene rings is 3. The maximum atomic E-state index is 13.3. The van der Waals surface area contributed by atoms with Crippen LogP contribution in [0.1, 0.15) is 17.4 Å². The Morgan fingerprint density at radius 1 is 0.919 bits per heavy atom. The van der Waals surface area contributed by atoms with Crippen molar-refractivity contribution >= 4 is 28.3 Å². The summed E-state index contributed by atoms with van der Waals surface area (Å²) < 4.78 is 17.1. The molecule has 37 heavy (non-hydrogen) atoms. The minimum atomic E-state index is -0.612. The van der Waals surface area contributed by atoms with Crippen LogP contribution in [0.5, 0.6) is 17.2 Å².